The summed E-state index contributed by atoms with van der Waals surface area (Å²) in [5, 5.41) is 0.955. The maximum atomic E-state index is 12.3. The molecule has 1 unspecified atom stereocenters. The molecule has 0 saturated carbocycles. The number of carbonyl (C=O) groups excluding carboxylic acids is 1. The summed E-state index contributed by atoms with van der Waals surface area (Å²) in [4.78, 5) is 24.5. The predicted octanol–water partition coefficient (Wildman–Crippen LogP) is 4.10. The molecule has 2 aromatic carbocycles. The fourth-order valence-corrected chi connectivity index (χ4v) is 3.68. The molecule has 4 rings (SSSR count). The highest BCUT2D eigenvalue weighted by Crippen LogP contribution is 2.33. The van der Waals surface area contributed by atoms with E-state index >= 15 is 0 Å². The summed E-state index contributed by atoms with van der Waals surface area (Å²) in [5.74, 6) is 0.0662. The molecule has 5 heteroatoms. The number of benzene rings is 2. The second kappa shape index (κ2) is 7.50. The van der Waals surface area contributed by atoms with E-state index in [2.05, 4.69) is 0 Å². The second-order valence-electron chi connectivity index (χ2n) is 7.12. The van der Waals surface area contributed by atoms with Gasteiger partial charge in [-0.25, -0.2) is 9.59 Å². The van der Waals surface area contributed by atoms with E-state index < -0.39 is 12.1 Å². The Morgan fingerprint density at radius 2 is 1.86 bits per heavy atom. The van der Waals surface area contributed by atoms with E-state index in [0.717, 1.165) is 41.3 Å². The van der Waals surface area contributed by atoms with Crippen molar-refractivity contribution in [2.45, 2.75) is 45.8 Å². The molecule has 0 bridgehead atoms. The van der Waals surface area contributed by atoms with Crippen LogP contribution in [0, 0.1) is 6.92 Å². The first-order chi connectivity index (χ1) is 13.5. The largest absolute Gasteiger partial charge is 0.479 e. The smallest absolute Gasteiger partial charge is 0.347 e. The Morgan fingerprint density at radius 1 is 1.11 bits per heavy atom. The second-order valence-corrected chi connectivity index (χ2v) is 7.12. The number of ether oxygens (including phenoxy) is 2. The third-order valence-electron chi connectivity index (χ3n) is 5.20. The lowest BCUT2D eigenvalue weighted by Crippen LogP contribution is -2.26. The summed E-state index contributed by atoms with van der Waals surface area (Å²) in [7, 11) is 0. The summed E-state index contributed by atoms with van der Waals surface area (Å²) in [6, 6.07) is 13.2. The van der Waals surface area contributed by atoms with E-state index in [9.17, 15) is 9.59 Å². The van der Waals surface area contributed by atoms with Gasteiger partial charge < -0.3 is 13.9 Å². The normalized spacial score (nSPS) is 13.9. The molecule has 144 valence electrons. The van der Waals surface area contributed by atoms with Crippen LogP contribution in [-0.2, 0) is 29.0 Å². The summed E-state index contributed by atoms with van der Waals surface area (Å²) in [6.07, 6.45) is 1.86. The Labute approximate surface area is 162 Å². The molecule has 0 radical (unpaired) electrons. The molecule has 0 aliphatic heterocycles. The van der Waals surface area contributed by atoms with Crippen molar-refractivity contribution in [3.63, 3.8) is 0 Å². The topological polar surface area (TPSA) is 65.7 Å². The van der Waals surface area contributed by atoms with E-state index in [1.807, 2.05) is 49.4 Å². The van der Waals surface area contributed by atoms with Crippen LogP contribution in [-0.4, -0.2) is 12.1 Å². The van der Waals surface area contributed by atoms with E-state index in [0.29, 0.717) is 16.9 Å². The molecular formula is C23H22O5. The monoisotopic (exact) mass is 378 g/mol. The maximum absolute atomic E-state index is 12.3. The summed E-state index contributed by atoms with van der Waals surface area (Å²) in [6.45, 7) is 3.69. The van der Waals surface area contributed by atoms with E-state index in [-0.39, 0.29) is 12.2 Å². The van der Waals surface area contributed by atoms with Crippen LogP contribution in [0.3, 0.4) is 0 Å². The number of carbonyl (C=O) groups is 1. The van der Waals surface area contributed by atoms with Crippen molar-refractivity contribution < 1.29 is 18.7 Å². The minimum Gasteiger partial charge on any atom is -0.479 e. The van der Waals surface area contributed by atoms with Crippen LogP contribution in [0.4, 0.5) is 0 Å². The van der Waals surface area contributed by atoms with Crippen molar-refractivity contribution in [3.05, 3.63) is 75.1 Å². The van der Waals surface area contributed by atoms with Crippen LogP contribution in [0.25, 0.3) is 11.0 Å². The molecule has 28 heavy (non-hydrogen) atoms. The highest BCUT2D eigenvalue weighted by atomic mass is 16.6. The third kappa shape index (κ3) is 3.40. The molecule has 5 nitrogen and oxygen atoms in total. The first-order valence-electron chi connectivity index (χ1n) is 9.50. The molecule has 1 aliphatic rings. The van der Waals surface area contributed by atoms with Crippen molar-refractivity contribution in [3.8, 4) is 5.75 Å². The Bertz CT molecular complexity index is 1080. The van der Waals surface area contributed by atoms with Gasteiger partial charge in [0, 0.05) is 16.5 Å². The fraction of sp³-hybridized carbons (Fsp3) is 0.304. The van der Waals surface area contributed by atoms with Crippen LogP contribution in [0.15, 0.2) is 51.7 Å². The average molecular weight is 378 g/mol. The number of esters is 1. The molecule has 0 spiro atoms. The molecule has 0 saturated heterocycles. The van der Waals surface area contributed by atoms with Gasteiger partial charge in [0.05, 0.1) is 0 Å². The van der Waals surface area contributed by atoms with E-state index in [1.165, 1.54) is 0 Å². The molecule has 1 atom stereocenters. The van der Waals surface area contributed by atoms with Gasteiger partial charge in [0.15, 0.2) is 6.10 Å². The average Bonchev–Trinajstić information content (AvgIpc) is 3.20. The zero-order chi connectivity index (χ0) is 19.7. The Hall–Kier alpha value is -3.08. The zero-order valence-electron chi connectivity index (χ0n) is 16.0. The molecule has 0 fully saturated rings. The van der Waals surface area contributed by atoms with Crippen LogP contribution < -0.4 is 10.4 Å². The highest BCUT2D eigenvalue weighted by molar-refractivity contribution is 5.86. The van der Waals surface area contributed by atoms with Gasteiger partial charge in [-0.05, 0) is 56.4 Å². The number of hydrogen-bond acceptors (Lipinski definition) is 5. The lowest BCUT2D eigenvalue weighted by Gasteiger charge is -2.17. The molecule has 3 aromatic rings. The zero-order valence-corrected chi connectivity index (χ0v) is 16.0. The lowest BCUT2D eigenvalue weighted by molar-refractivity contribution is -0.152. The molecule has 1 aliphatic carbocycles. The quantitative estimate of drug-likeness (QED) is 0.494. The van der Waals surface area contributed by atoms with Crippen molar-refractivity contribution in [1.82, 2.24) is 0 Å². The van der Waals surface area contributed by atoms with Crippen LogP contribution >= 0.6 is 0 Å². The number of aryl methyl sites for hydroxylation is 2. The maximum Gasteiger partial charge on any atom is 0.347 e. The molecular weight excluding hydrogens is 356 g/mol. The van der Waals surface area contributed by atoms with Gasteiger partial charge in [-0.15, -0.1) is 0 Å². The van der Waals surface area contributed by atoms with Crippen molar-refractivity contribution in [2.24, 2.45) is 0 Å². The van der Waals surface area contributed by atoms with E-state index in [4.69, 9.17) is 13.9 Å². The Kier molecular flexibility index (Phi) is 4.90. The van der Waals surface area contributed by atoms with Crippen LogP contribution in [0.1, 0.15) is 35.6 Å². The van der Waals surface area contributed by atoms with E-state index in [1.54, 1.807) is 6.92 Å². The fourth-order valence-electron chi connectivity index (χ4n) is 3.68. The minimum absolute atomic E-state index is 0.199. The first kappa shape index (κ1) is 18.3. The van der Waals surface area contributed by atoms with Gasteiger partial charge >= 0.3 is 11.6 Å². The molecule has 1 aromatic heterocycles. The Morgan fingerprint density at radius 3 is 2.64 bits per heavy atom. The van der Waals surface area contributed by atoms with Gasteiger partial charge in [-0.1, -0.05) is 30.3 Å². The number of fused-ring (bicyclic) bond motifs is 3. The van der Waals surface area contributed by atoms with Gasteiger partial charge in [-0.3, -0.25) is 0 Å². The summed E-state index contributed by atoms with van der Waals surface area (Å²) >= 11 is 0. The standard InChI is InChI=1S/C23H22O5/c1-14-20(27-15(2)22(24)26-13-16-7-4-3-5-8-16)12-11-18-17-9-6-10-19(17)23(25)28-21(14)18/h3-5,7-8,11-12,15H,6,9-10,13H2,1-2H3. The molecule has 0 N–H and O–H groups in total. The van der Waals surface area contributed by atoms with Crippen LogP contribution in [0.2, 0.25) is 0 Å². The van der Waals surface area contributed by atoms with Crippen molar-refractivity contribution in [1.29, 1.82) is 0 Å². The first-order valence-corrected chi connectivity index (χ1v) is 9.50. The van der Waals surface area contributed by atoms with Gasteiger partial charge in [0.25, 0.3) is 0 Å². The molecule has 1 heterocycles. The number of rotatable bonds is 5. The minimum atomic E-state index is -0.777. The predicted molar refractivity (Wildman–Crippen MR) is 106 cm³/mol. The number of hydrogen-bond donors (Lipinski definition) is 0. The lowest BCUT2D eigenvalue weighted by atomic mass is 10.0. The third-order valence-corrected chi connectivity index (χ3v) is 5.20. The van der Waals surface area contributed by atoms with Crippen molar-refractivity contribution in [2.75, 3.05) is 0 Å². The highest BCUT2D eigenvalue weighted by Gasteiger charge is 2.23. The molecule has 0 amide bonds. The summed E-state index contributed by atoms with van der Waals surface area (Å²) < 4.78 is 16.7. The van der Waals surface area contributed by atoms with Gasteiger partial charge in [0.1, 0.15) is 17.9 Å². The Balaban J connectivity index is 1.53. The SMILES string of the molecule is Cc1c(OC(C)C(=O)OCc2ccccc2)ccc2c3c(c(=O)oc12)CCC3. The van der Waals surface area contributed by atoms with Crippen LogP contribution in [0.5, 0.6) is 5.75 Å². The van der Waals surface area contributed by atoms with Gasteiger partial charge in [0.2, 0.25) is 0 Å². The van der Waals surface area contributed by atoms with Crippen molar-refractivity contribution >= 4 is 16.9 Å². The summed E-state index contributed by atoms with van der Waals surface area (Å²) in [5.41, 5.74) is 3.77. The van der Waals surface area contributed by atoms with Gasteiger partial charge in [-0.2, -0.15) is 0 Å².